The molecular weight excluding hydrogens is 224 g/mol. The lowest BCUT2D eigenvalue weighted by atomic mass is 10.0. The van der Waals surface area contributed by atoms with E-state index in [4.69, 9.17) is 0 Å². The molecule has 3 nitrogen and oxygen atoms in total. The van der Waals surface area contributed by atoms with Crippen LogP contribution in [0.1, 0.15) is 40.7 Å². The van der Waals surface area contributed by atoms with Gasteiger partial charge in [0, 0.05) is 18.2 Å². The minimum atomic E-state index is 0.0502. The van der Waals surface area contributed by atoms with Crippen molar-refractivity contribution in [3.8, 4) is 0 Å². The van der Waals surface area contributed by atoms with Crippen LogP contribution in [-0.2, 0) is 0 Å². The molecule has 1 unspecified atom stereocenters. The van der Waals surface area contributed by atoms with E-state index in [-0.39, 0.29) is 5.91 Å². The monoisotopic (exact) mass is 246 g/mol. The Bertz CT molecular complexity index is 423. The number of benzene rings is 1. The molecule has 1 aliphatic rings. The quantitative estimate of drug-likeness (QED) is 0.855. The van der Waals surface area contributed by atoms with Crippen LogP contribution in [0.5, 0.6) is 0 Å². The maximum absolute atomic E-state index is 12.1. The van der Waals surface area contributed by atoms with Gasteiger partial charge in [0.05, 0.1) is 0 Å². The molecule has 0 radical (unpaired) electrons. The summed E-state index contributed by atoms with van der Waals surface area (Å²) in [7, 11) is 0. The largest absolute Gasteiger partial charge is 0.352 e. The van der Waals surface area contributed by atoms with E-state index in [0.29, 0.717) is 6.04 Å². The average Bonchev–Trinajstić information content (AvgIpc) is 2.85. The fourth-order valence-electron chi connectivity index (χ4n) is 2.44. The number of hydrogen-bond donors (Lipinski definition) is 2. The Balaban J connectivity index is 1.85. The van der Waals surface area contributed by atoms with Crippen LogP contribution >= 0.6 is 0 Å². The predicted molar refractivity (Wildman–Crippen MR) is 73.9 cm³/mol. The summed E-state index contributed by atoms with van der Waals surface area (Å²) in [5.74, 6) is 0.0502. The maximum atomic E-state index is 12.1. The highest BCUT2D eigenvalue weighted by atomic mass is 16.1. The second kappa shape index (κ2) is 6.01. The first-order chi connectivity index (χ1) is 8.66. The molecule has 0 bridgehead atoms. The van der Waals surface area contributed by atoms with Gasteiger partial charge in [-0.1, -0.05) is 17.7 Å². The maximum Gasteiger partial charge on any atom is 0.251 e. The Hall–Kier alpha value is -1.35. The van der Waals surface area contributed by atoms with Crippen LogP contribution in [0, 0.1) is 13.8 Å². The second-order valence-corrected chi connectivity index (χ2v) is 5.16. The Morgan fingerprint density at radius 3 is 3.00 bits per heavy atom. The fraction of sp³-hybridized carbons (Fsp3) is 0.533. The van der Waals surface area contributed by atoms with E-state index in [1.165, 1.54) is 12.8 Å². The van der Waals surface area contributed by atoms with Gasteiger partial charge in [0.15, 0.2) is 0 Å². The molecule has 1 aromatic rings. The van der Waals surface area contributed by atoms with Crippen molar-refractivity contribution in [3.63, 3.8) is 0 Å². The Morgan fingerprint density at radius 1 is 1.44 bits per heavy atom. The predicted octanol–water partition coefficient (Wildman–Crippen LogP) is 2.18. The van der Waals surface area contributed by atoms with Gasteiger partial charge in [-0.25, -0.2) is 0 Å². The van der Waals surface area contributed by atoms with E-state index in [9.17, 15) is 4.79 Å². The van der Waals surface area contributed by atoms with Crippen LogP contribution in [-0.4, -0.2) is 25.0 Å². The third kappa shape index (κ3) is 3.33. The van der Waals surface area contributed by atoms with Crippen molar-refractivity contribution in [3.05, 3.63) is 34.9 Å². The van der Waals surface area contributed by atoms with Crippen molar-refractivity contribution in [1.82, 2.24) is 10.6 Å². The van der Waals surface area contributed by atoms with Crippen molar-refractivity contribution in [1.29, 1.82) is 0 Å². The zero-order valence-electron chi connectivity index (χ0n) is 11.3. The number of aryl methyl sites for hydroxylation is 2. The van der Waals surface area contributed by atoms with Gasteiger partial charge in [-0.15, -0.1) is 0 Å². The SMILES string of the molecule is Cc1ccc(C)c(C(=O)NCCC2CCCN2)c1. The number of hydrogen-bond acceptors (Lipinski definition) is 2. The fourth-order valence-corrected chi connectivity index (χ4v) is 2.44. The summed E-state index contributed by atoms with van der Waals surface area (Å²) in [6.07, 6.45) is 3.52. The molecule has 1 atom stereocenters. The average molecular weight is 246 g/mol. The zero-order chi connectivity index (χ0) is 13.0. The van der Waals surface area contributed by atoms with Gasteiger partial charge in [-0.2, -0.15) is 0 Å². The first-order valence-electron chi connectivity index (χ1n) is 6.75. The number of amides is 1. The zero-order valence-corrected chi connectivity index (χ0v) is 11.3. The van der Waals surface area contributed by atoms with Crippen molar-refractivity contribution in [2.75, 3.05) is 13.1 Å². The summed E-state index contributed by atoms with van der Waals surface area (Å²) in [5.41, 5.74) is 2.97. The summed E-state index contributed by atoms with van der Waals surface area (Å²) in [4.78, 5) is 12.1. The molecule has 3 heteroatoms. The van der Waals surface area contributed by atoms with Gasteiger partial charge in [0.1, 0.15) is 0 Å². The van der Waals surface area contributed by atoms with Crippen molar-refractivity contribution < 1.29 is 4.79 Å². The minimum Gasteiger partial charge on any atom is -0.352 e. The Morgan fingerprint density at radius 2 is 2.28 bits per heavy atom. The van der Waals surface area contributed by atoms with Gasteiger partial charge in [0.25, 0.3) is 5.91 Å². The van der Waals surface area contributed by atoms with E-state index in [0.717, 1.165) is 36.2 Å². The molecule has 18 heavy (non-hydrogen) atoms. The van der Waals surface area contributed by atoms with E-state index in [1.54, 1.807) is 0 Å². The molecule has 98 valence electrons. The third-order valence-electron chi connectivity index (χ3n) is 3.58. The van der Waals surface area contributed by atoms with Gasteiger partial charge in [-0.05, 0) is 51.3 Å². The first kappa shape index (κ1) is 13.1. The highest BCUT2D eigenvalue weighted by Crippen LogP contribution is 2.11. The van der Waals surface area contributed by atoms with Gasteiger partial charge in [-0.3, -0.25) is 4.79 Å². The summed E-state index contributed by atoms with van der Waals surface area (Å²) < 4.78 is 0. The topological polar surface area (TPSA) is 41.1 Å². The van der Waals surface area contributed by atoms with E-state index >= 15 is 0 Å². The second-order valence-electron chi connectivity index (χ2n) is 5.16. The lowest BCUT2D eigenvalue weighted by Gasteiger charge is -2.12. The molecule has 1 heterocycles. The van der Waals surface area contributed by atoms with E-state index in [1.807, 2.05) is 32.0 Å². The van der Waals surface area contributed by atoms with Crippen molar-refractivity contribution >= 4 is 5.91 Å². The molecule has 0 spiro atoms. The lowest BCUT2D eigenvalue weighted by Crippen LogP contribution is -2.30. The van der Waals surface area contributed by atoms with Crippen LogP contribution in [0.15, 0.2) is 18.2 Å². The molecule has 0 aromatic heterocycles. The normalized spacial score (nSPS) is 18.9. The highest BCUT2D eigenvalue weighted by molar-refractivity contribution is 5.95. The number of carbonyl (C=O) groups is 1. The molecule has 1 fully saturated rings. The van der Waals surface area contributed by atoms with Crippen LogP contribution in [0.4, 0.5) is 0 Å². The summed E-state index contributed by atoms with van der Waals surface area (Å²) in [6.45, 7) is 5.87. The molecule has 1 amide bonds. The Kier molecular flexibility index (Phi) is 4.37. The third-order valence-corrected chi connectivity index (χ3v) is 3.58. The smallest absolute Gasteiger partial charge is 0.251 e. The standard InChI is InChI=1S/C15H22N2O/c1-11-5-6-12(2)14(10-11)15(18)17-9-7-13-4-3-8-16-13/h5-6,10,13,16H,3-4,7-9H2,1-2H3,(H,17,18). The molecule has 2 rings (SSSR count). The van der Waals surface area contributed by atoms with Crippen LogP contribution < -0.4 is 10.6 Å². The molecule has 2 N–H and O–H groups in total. The van der Waals surface area contributed by atoms with Gasteiger partial charge >= 0.3 is 0 Å². The lowest BCUT2D eigenvalue weighted by molar-refractivity contribution is 0.0951. The van der Waals surface area contributed by atoms with Gasteiger partial charge in [0.2, 0.25) is 0 Å². The number of rotatable bonds is 4. The molecule has 0 aliphatic carbocycles. The molecule has 1 saturated heterocycles. The first-order valence-corrected chi connectivity index (χ1v) is 6.75. The van der Waals surface area contributed by atoms with Crippen molar-refractivity contribution in [2.45, 2.75) is 39.2 Å². The van der Waals surface area contributed by atoms with Crippen LogP contribution in [0.3, 0.4) is 0 Å². The molecular formula is C15H22N2O. The van der Waals surface area contributed by atoms with E-state index < -0.39 is 0 Å². The molecule has 1 aromatic carbocycles. The van der Waals surface area contributed by atoms with Crippen LogP contribution in [0.2, 0.25) is 0 Å². The summed E-state index contributed by atoms with van der Waals surface area (Å²) in [6, 6.07) is 6.58. The molecule has 1 aliphatic heterocycles. The minimum absolute atomic E-state index is 0.0502. The summed E-state index contributed by atoms with van der Waals surface area (Å²) in [5, 5.41) is 6.45. The Labute approximate surface area is 109 Å². The van der Waals surface area contributed by atoms with E-state index in [2.05, 4.69) is 10.6 Å². The van der Waals surface area contributed by atoms with Gasteiger partial charge < -0.3 is 10.6 Å². The summed E-state index contributed by atoms with van der Waals surface area (Å²) >= 11 is 0. The highest BCUT2D eigenvalue weighted by Gasteiger charge is 2.14. The number of nitrogens with one attached hydrogen (secondary N) is 2. The van der Waals surface area contributed by atoms with Crippen LogP contribution in [0.25, 0.3) is 0 Å². The number of carbonyl (C=O) groups excluding carboxylic acids is 1. The molecule has 0 saturated carbocycles. The van der Waals surface area contributed by atoms with Crippen molar-refractivity contribution in [2.24, 2.45) is 0 Å².